The minimum absolute atomic E-state index is 0.216. The van der Waals surface area contributed by atoms with E-state index in [0.29, 0.717) is 6.54 Å². The molecule has 2 heterocycles. The maximum atomic E-state index is 12.5. The second-order valence-electron chi connectivity index (χ2n) is 7.98. The normalized spacial score (nSPS) is 21.7. The Hall–Kier alpha value is -2.14. The fraction of sp³-hybridized carbons (Fsp3) is 0.524. The molecule has 4 rings (SSSR count). The largest absolute Gasteiger partial charge is 0.352 e. The van der Waals surface area contributed by atoms with Gasteiger partial charge in [0.15, 0.2) is 0 Å². The zero-order chi connectivity index (χ0) is 18.1. The molecule has 26 heavy (non-hydrogen) atoms. The van der Waals surface area contributed by atoms with Crippen molar-refractivity contribution in [2.24, 2.45) is 18.4 Å². The third-order valence-corrected chi connectivity index (χ3v) is 6.40. The summed E-state index contributed by atoms with van der Waals surface area (Å²) in [5.41, 5.74) is 3.99. The van der Waals surface area contributed by atoms with Gasteiger partial charge in [0.05, 0.1) is 6.20 Å². The highest BCUT2D eigenvalue weighted by molar-refractivity contribution is 5.82. The lowest BCUT2D eigenvalue weighted by molar-refractivity contribution is -0.123. The van der Waals surface area contributed by atoms with E-state index in [-0.39, 0.29) is 17.2 Å². The Morgan fingerprint density at radius 1 is 1.27 bits per heavy atom. The topological polar surface area (TPSA) is 50.2 Å². The van der Waals surface area contributed by atoms with Gasteiger partial charge in [-0.3, -0.25) is 14.4 Å². The molecule has 1 aliphatic carbocycles. The highest BCUT2D eigenvalue weighted by Gasteiger charge is 2.58. The number of rotatable bonds is 5. The maximum absolute atomic E-state index is 12.5. The number of benzene rings is 1. The number of carbonyl (C=O) groups excluding carboxylic acids is 1. The molecule has 1 saturated carbocycles. The van der Waals surface area contributed by atoms with E-state index < -0.39 is 0 Å². The Kier molecular flexibility index (Phi) is 4.57. The van der Waals surface area contributed by atoms with Crippen LogP contribution in [0.15, 0.2) is 36.5 Å². The molecule has 5 heteroatoms. The highest BCUT2D eigenvalue weighted by Crippen LogP contribution is 2.59. The molecule has 1 aromatic carbocycles. The second-order valence-corrected chi connectivity index (χ2v) is 7.98. The zero-order valence-corrected chi connectivity index (χ0v) is 15.7. The molecule has 0 radical (unpaired) electrons. The molecule has 2 aliphatic rings. The van der Waals surface area contributed by atoms with Gasteiger partial charge in [-0.25, -0.2) is 0 Å². The van der Waals surface area contributed by atoms with Crippen molar-refractivity contribution in [1.82, 2.24) is 20.0 Å². The van der Waals surface area contributed by atoms with Crippen molar-refractivity contribution < 1.29 is 4.79 Å². The van der Waals surface area contributed by atoms with Crippen LogP contribution in [0.4, 0.5) is 0 Å². The average molecular weight is 352 g/mol. The number of nitrogens with zero attached hydrogens (tertiary/aromatic N) is 3. The minimum atomic E-state index is 0.216. The van der Waals surface area contributed by atoms with Crippen molar-refractivity contribution in [3.63, 3.8) is 0 Å². The molecule has 1 amide bonds. The molecule has 1 aliphatic heterocycles. The third kappa shape index (κ3) is 3.40. The first-order chi connectivity index (χ1) is 12.6. The van der Waals surface area contributed by atoms with Crippen molar-refractivity contribution in [3.05, 3.63) is 53.3 Å². The molecule has 2 fully saturated rings. The first-order valence-electron chi connectivity index (χ1n) is 9.59. The first kappa shape index (κ1) is 17.3. The maximum Gasteiger partial charge on any atom is 0.223 e. The summed E-state index contributed by atoms with van der Waals surface area (Å²) in [5, 5.41) is 7.47. The zero-order valence-electron chi connectivity index (χ0n) is 15.7. The van der Waals surface area contributed by atoms with E-state index in [9.17, 15) is 4.79 Å². The molecule has 1 spiro atoms. The Morgan fingerprint density at radius 3 is 2.65 bits per heavy atom. The smallest absolute Gasteiger partial charge is 0.223 e. The summed E-state index contributed by atoms with van der Waals surface area (Å²) >= 11 is 0. The fourth-order valence-corrected chi connectivity index (χ4v) is 4.28. The van der Waals surface area contributed by atoms with Gasteiger partial charge in [-0.05, 0) is 50.3 Å². The summed E-state index contributed by atoms with van der Waals surface area (Å²) in [6.07, 6.45) is 5.31. The molecule has 1 atom stereocenters. The number of hydrogen-bond donors (Lipinski definition) is 1. The summed E-state index contributed by atoms with van der Waals surface area (Å²) in [4.78, 5) is 15.0. The lowest BCUT2D eigenvalue weighted by atomic mass is 9.90. The molecule has 0 bridgehead atoms. The SMILES string of the molecule is Cc1c(CN2CCC3(CC2)CC3C(=O)NCc2ccccc2)cnn1C. The van der Waals surface area contributed by atoms with Crippen molar-refractivity contribution >= 4 is 5.91 Å². The van der Waals surface area contributed by atoms with Crippen LogP contribution in [-0.4, -0.2) is 33.7 Å². The average Bonchev–Trinajstić information content (AvgIpc) is 3.29. The molecule has 1 saturated heterocycles. The Balaban J connectivity index is 1.26. The van der Waals surface area contributed by atoms with Crippen LogP contribution in [0.1, 0.15) is 36.1 Å². The lowest BCUT2D eigenvalue weighted by Gasteiger charge is -2.32. The van der Waals surface area contributed by atoms with Gasteiger partial charge in [0.1, 0.15) is 0 Å². The predicted octanol–water partition coefficient (Wildman–Crippen LogP) is 2.65. The van der Waals surface area contributed by atoms with Crippen LogP contribution in [0.25, 0.3) is 0 Å². The number of hydrogen-bond acceptors (Lipinski definition) is 3. The number of piperidine rings is 1. The predicted molar refractivity (Wildman–Crippen MR) is 101 cm³/mol. The molecular weight excluding hydrogens is 324 g/mol. The number of nitrogens with one attached hydrogen (secondary N) is 1. The molecule has 2 aromatic rings. The number of amides is 1. The molecular formula is C21H28N4O. The van der Waals surface area contributed by atoms with Gasteiger partial charge in [0.25, 0.3) is 0 Å². The van der Waals surface area contributed by atoms with Crippen molar-refractivity contribution in [2.45, 2.75) is 39.3 Å². The molecule has 1 N–H and O–H groups in total. The number of carbonyl (C=O) groups is 1. The quantitative estimate of drug-likeness (QED) is 0.900. The van der Waals surface area contributed by atoms with Gasteiger partial charge < -0.3 is 5.32 Å². The van der Waals surface area contributed by atoms with E-state index in [0.717, 1.165) is 44.5 Å². The number of aryl methyl sites for hydroxylation is 1. The molecule has 1 unspecified atom stereocenters. The first-order valence-corrected chi connectivity index (χ1v) is 9.59. The Morgan fingerprint density at radius 2 is 2.00 bits per heavy atom. The number of aromatic nitrogens is 2. The lowest BCUT2D eigenvalue weighted by Crippen LogP contribution is -2.36. The standard InChI is InChI=1S/C21H28N4O/c1-16-18(14-23-24(16)2)15-25-10-8-21(9-11-25)12-19(21)20(26)22-13-17-6-4-3-5-7-17/h3-7,14,19H,8-13,15H2,1-2H3,(H,22,26). The van der Waals surface area contributed by atoms with Crippen LogP contribution in [0.2, 0.25) is 0 Å². The second kappa shape index (κ2) is 6.88. The third-order valence-electron chi connectivity index (χ3n) is 6.40. The van der Waals surface area contributed by atoms with Gasteiger partial charge in [0, 0.05) is 37.3 Å². The van der Waals surface area contributed by atoms with E-state index in [2.05, 4.69) is 34.4 Å². The van der Waals surface area contributed by atoms with Crippen LogP contribution in [0, 0.1) is 18.3 Å². The van der Waals surface area contributed by atoms with Gasteiger partial charge in [-0.15, -0.1) is 0 Å². The molecule has 1 aromatic heterocycles. The van der Waals surface area contributed by atoms with E-state index in [1.54, 1.807) is 0 Å². The van der Waals surface area contributed by atoms with E-state index >= 15 is 0 Å². The molecule has 5 nitrogen and oxygen atoms in total. The number of likely N-dealkylation sites (tertiary alicyclic amines) is 1. The van der Waals surface area contributed by atoms with E-state index in [1.165, 1.54) is 11.3 Å². The summed E-state index contributed by atoms with van der Waals surface area (Å²) in [6.45, 7) is 5.90. The van der Waals surface area contributed by atoms with Crippen LogP contribution < -0.4 is 5.32 Å². The fourth-order valence-electron chi connectivity index (χ4n) is 4.28. The molecule has 138 valence electrons. The van der Waals surface area contributed by atoms with Crippen molar-refractivity contribution in [1.29, 1.82) is 0 Å². The van der Waals surface area contributed by atoms with E-state index in [4.69, 9.17) is 0 Å². The highest BCUT2D eigenvalue weighted by atomic mass is 16.2. The van der Waals surface area contributed by atoms with E-state index in [1.807, 2.05) is 36.1 Å². The van der Waals surface area contributed by atoms with Gasteiger partial charge in [0.2, 0.25) is 5.91 Å². The van der Waals surface area contributed by atoms with Crippen LogP contribution in [0.5, 0.6) is 0 Å². The van der Waals surface area contributed by atoms with Crippen molar-refractivity contribution in [2.75, 3.05) is 13.1 Å². The van der Waals surface area contributed by atoms with Crippen LogP contribution >= 0.6 is 0 Å². The van der Waals surface area contributed by atoms with Crippen LogP contribution in [0.3, 0.4) is 0 Å². The van der Waals surface area contributed by atoms with Gasteiger partial charge >= 0.3 is 0 Å². The summed E-state index contributed by atoms with van der Waals surface area (Å²) in [5.74, 6) is 0.457. The summed E-state index contributed by atoms with van der Waals surface area (Å²) < 4.78 is 1.94. The minimum Gasteiger partial charge on any atom is -0.352 e. The Labute approximate surface area is 155 Å². The van der Waals surface area contributed by atoms with Crippen molar-refractivity contribution in [3.8, 4) is 0 Å². The summed E-state index contributed by atoms with van der Waals surface area (Å²) in [6, 6.07) is 10.1. The van der Waals surface area contributed by atoms with Crippen LogP contribution in [-0.2, 0) is 24.9 Å². The monoisotopic (exact) mass is 352 g/mol. The summed E-state index contributed by atoms with van der Waals surface area (Å²) in [7, 11) is 1.99. The van der Waals surface area contributed by atoms with Gasteiger partial charge in [-0.2, -0.15) is 5.10 Å². The Bertz CT molecular complexity index is 775. The van der Waals surface area contributed by atoms with Gasteiger partial charge in [-0.1, -0.05) is 30.3 Å².